The highest BCUT2D eigenvalue weighted by molar-refractivity contribution is 5.87. The number of halogens is 1. The predicted molar refractivity (Wildman–Crippen MR) is 114 cm³/mol. The Hall–Kier alpha value is -3.19. The molecule has 0 fully saturated rings. The number of carboxylic acid groups (broad SMARTS) is 1. The van der Waals surface area contributed by atoms with Gasteiger partial charge in [-0.1, -0.05) is 30.3 Å². The van der Waals surface area contributed by atoms with Crippen LogP contribution >= 0.6 is 0 Å². The Morgan fingerprint density at radius 2 is 2.00 bits per heavy atom. The van der Waals surface area contributed by atoms with Crippen molar-refractivity contribution in [3.05, 3.63) is 71.2 Å². The summed E-state index contributed by atoms with van der Waals surface area (Å²) in [5.41, 5.74) is 3.57. The molecule has 1 aromatic heterocycles. The van der Waals surface area contributed by atoms with Crippen molar-refractivity contribution in [3.63, 3.8) is 0 Å². The average molecular weight is 424 g/mol. The fourth-order valence-corrected chi connectivity index (χ4v) is 4.39. The Labute approximate surface area is 179 Å². The summed E-state index contributed by atoms with van der Waals surface area (Å²) in [5.74, 6) is -1.40. The molecule has 0 bridgehead atoms. The molecule has 7 heteroatoms. The first-order chi connectivity index (χ1) is 14.9. The van der Waals surface area contributed by atoms with Crippen molar-refractivity contribution >= 4 is 22.8 Å². The predicted octanol–water partition coefficient (Wildman–Crippen LogP) is 3.40. The molecule has 1 heterocycles. The van der Waals surface area contributed by atoms with Gasteiger partial charge in [-0.2, -0.15) is 0 Å². The normalized spacial score (nSPS) is 15.6. The van der Waals surface area contributed by atoms with E-state index >= 15 is 0 Å². The van der Waals surface area contributed by atoms with Crippen molar-refractivity contribution in [3.8, 4) is 0 Å². The Kier molecular flexibility index (Phi) is 6.04. The van der Waals surface area contributed by atoms with Crippen molar-refractivity contribution in [2.45, 2.75) is 38.5 Å². The van der Waals surface area contributed by atoms with Gasteiger partial charge in [-0.3, -0.25) is 9.59 Å². The number of likely N-dealkylation sites (N-methyl/N-ethyl adjacent to an activating group) is 1. The standard InChI is InChI=1S/C24H25FN2O4/c1-26(23(28)15-31-14-16-5-3-2-4-6-16)18-8-10-22-20(12-18)19-11-17(25)7-9-21(19)27(22)13-24(29)30/h2-7,9,11,18H,8,10,12-15H2,1H3,(H,29,30)/t18-/m0/s1. The maximum Gasteiger partial charge on any atom is 0.323 e. The van der Waals surface area contributed by atoms with Gasteiger partial charge in [-0.15, -0.1) is 0 Å². The Morgan fingerprint density at radius 3 is 2.74 bits per heavy atom. The van der Waals surface area contributed by atoms with Crippen LogP contribution in [0.2, 0.25) is 0 Å². The van der Waals surface area contributed by atoms with Crippen molar-refractivity contribution in [2.24, 2.45) is 0 Å². The maximum atomic E-state index is 13.9. The molecule has 1 aliphatic rings. The number of nitrogens with zero attached hydrogens (tertiary/aromatic N) is 2. The van der Waals surface area contributed by atoms with E-state index in [1.165, 1.54) is 12.1 Å². The summed E-state index contributed by atoms with van der Waals surface area (Å²) in [4.78, 5) is 25.7. The molecular formula is C24H25FN2O4. The van der Waals surface area contributed by atoms with E-state index in [1.807, 2.05) is 30.3 Å². The molecule has 0 radical (unpaired) electrons. The van der Waals surface area contributed by atoms with Crippen molar-refractivity contribution < 1.29 is 23.8 Å². The van der Waals surface area contributed by atoms with Gasteiger partial charge in [0.05, 0.1) is 6.61 Å². The quantitative estimate of drug-likeness (QED) is 0.631. The first-order valence-corrected chi connectivity index (χ1v) is 10.3. The minimum atomic E-state index is -0.936. The second-order valence-corrected chi connectivity index (χ2v) is 7.95. The first kappa shape index (κ1) is 21.1. The number of hydrogen-bond donors (Lipinski definition) is 1. The summed E-state index contributed by atoms with van der Waals surface area (Å²) in [7, 11) is 1.76. The molecule has 1 aliphatic carbocycles. The lowest BCUT2D eigenvalue weighted by Gasteiger charge is -2.32. The third-order valence-electron chi connectivity index (χ3n) is 5.97. The number of benzene rings is 2. The number of carbonyl (C=O) groups is 2. The van der Waals surface area contributed by atoms with E-state index < -0.39 is 5.97 Å². The first-order valence-electron chi connectivity index (χ1n) is 10.3. The molecule has 0 unspecified atom stereocenters. The third-order valence-corrected chi connectivity index (χ3v) is 5.97. The van der Waals surface area contributed by atoms with Crippen LogP contribution in [0, 0.1) is 5.82 Å². The Morgan fingerprint density at radius 1 is 1.23 bits per heavy atom. The van der Waals surface area contributed by atoms with Crippen molar-refractivity contribution in [1.82, 2.24) is 9.47 Å². The van der Waals surface area contributed by atoms with E-state index in [-0.39, 0.29) is 30.9 Å². The number of carbonyl (C=O) groups excluding carboxylic acids is 1. The molecule has 0 spiro atoms. The molecule has 0 saturated heterocycles. The van der Waals surface area contributed by atoms with Gasteiger partial charge >= 0.3 is 5.97 Å². The van der Waals surface area contributed by atoms with Crippen molar-refractivity contribution in [2.75, 3.05) is 13.7 Å². The van der Waals surface area contributed by atoms with Crippen LogP contribution in [-0.2, 0) is 40.3 Å². The molecule has 3 aromatic rings. The summed E-state index contributed by atoms with van der Waals surface area (Å²) in [6.45, 7) is 0.200. The van der Waals surface area contributed by atoms with Gasteiger partial charge in [0.1, 0.15) is 19.0 Å². The monoisotopic (exact) mass is 424 g/mol. The van der Waals surface area contributed by atoms with Gasteiger partial charge in [0, 0.05) is 29.7 Å². The Bertz CT molecular complexity index is 1110. The molecule has 162 valence electrons. The van der Waals surface area contributed by atoms with Gasteiger partial charge in [-0.25, -0.2) is 4.39 Å². The zero-order valence-electron chi connectivity index (χ0n) is 17.4. The minimum absolute atomic E-state index is 0.00977. The van der Waals surface area contributed by atoms with Crippen LogP contribution in [0.15, 0.2) is 48.5 Å². The molecule has 1 amide bonds. The third kappa shape index (κ3) is 4.46. The van der Waals surface area contributed by atoms with Crippen molar-refractivity contribution in [1.29, 1.82) is 0 Å². The number of amides is 1. The van der Waals surface area contributed by atoms with Gasteiger partial charge in [-0.05, 0) is 48.6 Å². The number of carboxylic acids is 1. The lowest BCUT2D eigenvalue weighted by Crippen LogP contribution is -2.42. The summed E-state index contributed by atoms with van der Waals surface area (Å²) in [6.07, 6.45) is 1.90. The summed E-state index contributed by atoms with van der Waals surface area (Å²) >= 11 is 0. The maximum absolute atomic E-state index is 13.9. The summed E-state index contributed by atoms with van der Waals surface area (Å²) in [5, 5.41) is 10.0. The zero-order chi connectivity index (χ0) is 22.0. The van der Waals surface area contributed by atoms with Gasteiger partial charge in [0.2, 0.25) is 5.91 Å². The molecule has 2 aromatic carbocycles. The fraction of sp³-hybridized carbons (Fsp3) is 0.333. The van der Waals surface area contributed by atoms with Crippen LogP contribution in [0.3, 0.4) is 0 Å². The fourth-order valence-electron chi connectivity index (χ4n) is 4.39. The second-order valence-electron chi connectivity index (χ2n) is 7.95. The lowest BCUT2D eigenvalue weighted by molar-refractivity contribution is -0.138. The highest BCUT2D eigenvalue weighted by Crippen LogP contribution is 2.34. The van der Waals surface area contributed by atoms with E-state index in [2.05, 4.69) is 0 Å². The van der Waals surface area contributed by atoms with Gasteiger partial charge in [0.25, 0.3) is 0 Å². The molecule has 31 heavy (non-hydrogen) atoms. The zero-order valence-corrected chi connectivity index (χ0v) is 17.4. The molecule has 1 N–H and O–H groups in total. The van der Waals surface area contributed by atoms with Crippen LogP contribution < -0.4 is 0 Å². The van der Waals surface area contributed by atoms with Crippen LogP contribution in [0.5, 0.6) is 0 Å². The topological polar surface area (TPSA) is 71.8 Å². The van der Waals surface area contributed by atoms with E-state index in [0.29, 0.717) is 25.9 Å². The van der Waals surface area contributed by atoms with Crippen LogP contribution in [-0.4, -0.2) is 46.1 Å². The second kappa shape index (κ2) is 8.89. The molecule has 4 rings (SSSR count). The number of fused-ring (bicyclic) bond motifs is 3. The minimum Gasteiger partial charge on any atom is -0.480 e. The average Bonchev–Trinajstić information content (AvgIpc) is 3.05. The van der Waals surface area contributed by atoms with Crippen LogP contribution in [0.1, 0.15) is 23.2 Å². The molecule has 1 atom stereocenters. The number of rotatable bonds is 7. The molecular weight excluding hydrogens is 399 g/mol. The lowest BCUT2D eigenvalue weighted by atomic mass is 9.90. The highest BCUT2D eigenvalue weighted by atomic mass is 19.1. The number of aromatic nitrogens is 1. The van der Waals surface area contributed by atoms with Gasteiger partial charge < -0.3 is 19.3 Å². The largest absolute Gasteiger partial charge is 0.480 e. The highest BCUT2D eigenvalue weighted by Gasteiger charge is 2.30. The summed E-state index contributed by atoms with van der Waals surface area (Å²) in [6, 6.07) is 14.1. The van der Waals surface area contributed by atoms with E-state index in [0.717, 1.165) is 27.7 Å². The number of hydrogen-bond acceptors (Lipinski definition) is 3. The smallest absolute Gasteiger partial charge is 0.323 e. The van der Waals surface area contributed by atoms with E-state index in [4.69, 9.17) is 4.74 Å². The summed E-state index contributed by atoms with van der Waals surface area (Å²) < 4.78 is 21.3. The molecule has 0 saturated carbocycles. The van der Waals surface area contributed by atoms with Crippen LogP contribution in [0.4, 0.5) is 4.39 Å². The molecule has 6 nitrogen and oxygen atoms in total. The van der Waals surface area contributed by atoms with Crippen LogP contribution in [0.25, 0.3) is 10.9 Å². The van der Waals surface area contributed by atoms with E-state index in [1.54, 1.807) is 22.6 Å². The van der Waals surface area contributed by atoms with E-state index in [9.17, 15) is 19.1 Å². The number of ether oxygens (including phenoxy) is 1. The Balaban J connectivity index is 1.48. The molecule has 0 aliphatic heterocycles. The SMILES string of the molecule is CN(C(=O)COCc1ccccc1)[C@H]1CCc2c(c3cc(F)ccc3n2CC(=O)O)C1. The van der Waals surface area contributed by atoms with Gasteiger partial charge in [0.15, 0.2) is 0 Å². The number of aliphatic carboxylic acids is 1.